The Balaban J connectivity index is 1.41. The van der Waals surface area contributed by atoms with E-state index < -0.39 is 5.82 Å². The minimum Gasteiger partial charge on any atom is -0.454 e. The van der Waals surface area contributed by atoms with Crippen molar-refractivity contribution in [2.24, 2.45) is 0 Å². The summed E-state index contributed by atoms with van der Waals surface area (Å²) < 4.78 is 20.5. The normalized spacial score (nSPS) is 14.1. The molecule has 0 bridgehead atoms. The minimum atomic E-state index is -0.437. The van der Waals surface area contributed by atoms with Gasteiger partial charge in [-0.15, -0.1) is 0 Å². The molecule has 0 saturated carbocycles. The van der Waals surface area contributed by atoms with Crippen molar-refractivity contribution in [3.8, 4) is 17.1 Å². The number of nitrogens with zero attached hydrogens (tertiary/aromatic N) is 3. The molecule has 1 aromatic carbocycles. The predicted octanol–water partition coefficient (Wildman–Crippen LogP) is 4.29. The Morgan fingerprint density at radius 2 is 2.00 bits per heavy atom. The van der Waals surface area contributed by atoms with E-state index in [1.54, 1.807) is 18.3 Å². The molecule has 7 nitrogen and oxygen atoms in total. The number of hydrogen-bond acceptors (Lipinski definition) is 6. The van der Waals surface area contributed by atoms with E-state index in [0.29, 0.717) is 33.7 Å². The molecule has 3 aromatic heterocycles. The summed E-state index contributed by atoms with van der Waals surface area (Å²) in [5, 5.41) is 11.6. The van der Waals surface area contributed by atoms with E-state index in [-0.39, 0.29) is 5.56 Å². The molecular weight excluding hydrogens is 421 g/mol. The Labute approximate surface area is 190 Å². The van der Waals surface area contributed by atoms with Gasteiger partial charge >= 0.3 is 0 Å². The second-order valence-corrected chi connectivity index (χ2v) is 8.13. The first kappa shape index (κ1) is 21.1. The largest absolute Gasteiger partial charge is 0.454 e. The summed E-state index contributed by atoms with van der Waals surface area (Å²) in [6.45, 7) is 4.08. The number of rotatable bonds is 7. The number of halogens is 1. The molecule has 2 N–H and O–H groups in total. The van der Waals surface area contributed by atoms with Gasteiger partial charge in [-0.1, -0.05) is 0 Å². The van der Waals surface area contributed by atoms with Crippen molar-refractivity contribution >= 4 is 22.9 Å². The second kappa shape index (κ2) is 8.99. The van der Waals surface area contributed by atoms with Crippen molar-refractivity contribution in [3.63, 3.8) is 0 Å². The number of hydrogen-bond donors (Lipinski definition) is 2. The van der Waals surface area contributed by atoms with Gasteiger partial charge in [0.25, 0.3) is 5.56 Å². The lowest BCUT2D eigenvalue weighted by atomic mass is 10.1. The van der Waals surface area contributed by atoms with Crippen LogP contribution >= 0.6 is 0 Å². The molecule has 33 heavy (non-hydrogen) atoms. The first-order valence-electron chi connectivity index (χ1n) is 11.0. The summed E-state index contributed by atoms with van der Waals surface area (Å²) in [5.74, 6) is -0.0363. The fourth-order valence-electron chi connectivity index (χ4n) is 4.22. The molecule has 0 spiro atoms. The number of nitrogens with one attached hydrogen (secondary N) is 2. The lowest BCUT2D eigenvalue weighted by molar-refractivity contribution is 0.352. The van der Waals surface area contributed by atoms with Gasteiger partial charge in [-0.25, -0.2) is 9.37 Å². The first-order chi connectivity index (χ1) is 16.1. The minimum absolute atomic E-state index is 0.240. The van der Waals surface area contributed by atoms with Crippen LogP contribution in [-0.4, -0.2) is 46.8 Å². The van der Waals surface area contributed by atoms with Crippen molar-refractivity contribution in [1.29, 1.82) is 5.41 Å². The van der Waals surface area contributed by atoms with Crippen LogP contribution in [0.2, 0.25) is 0 Å². The number of likely N-dealkylation sites (tertiary alicyclic amines) is 1. The molecule has 0 unspecified atom stereocenters. The van der Waals surface area contributed by atoms with Crippen molar-refractivity contribution in [2.75, 3.05) is 31.5 Å². The highest BCUT2D eigenvalue weighted by Gasteiger charge is 2.14. The van der Waals surface area contributed by atoms with Gasteiger partial charge in [0.15, 0.2) is 5.76 Å². The van der Waals surface area contributed by atoms with E-state index in [2.05, 4.69) is 15.2 Å². The van der Waals surface area contributed by atoms with E-state index in [4.69, 9.17) is 9.83 Å². The molecule has 1 saturated heterocycles. The number of aromatic nitrogens is 2. The van der Waals surface area contributed by atoms with Gasteiger partial charge in [0.05, 0.1) is 11.6 Å². The Kier molecular flexibility index (Phi) is 5.75. The topological polar surface area (TPSA) is 87.1 Å². The molecule has 4 aromatic rings. The Hall–Kier alpha value is -3.78. The molecule has 8 heteroatoms. The smallest absolute Gasteiger partial charge is 0.266 e. The third-order valence-electron chi connectivity index (χ3n) is 5.98. The van der Waals surface area contributed by atoms with E-state index in [1.165, 1.54) is 35.8 Å². The molecule has 168 valence electrons. The lowest BCUT2D eigenvalue weighted by Gasteiger charge is -2.17. The average molecular weight is 445 g/mol. The van der Waals surface area contributed by atoms with Crippen LogP contribution in [0.4, 0.5) is 10.1 Å². The summed E-state index contributed by atoms with van der Waals surface area (Å²) in [6.07, 6.45) is 6.58. The maximum atomic E-state index is 13.2. The molecule has 0 atom stereocenters. The van der Waals surface area contributed by atoms with E-state index in [1.807, 2.05) is 18.2 Å². The quantitative estimate of drug-likeness (QED) is 0.415. The zero-order chi connectivity index (χ0) is 22.8. The zero-order valence-electron chi connectivity index (χ0n) is 18.1. The number of furan rings is 1. The van der Waals surface area contributed by atoms with Gasteiger partial charge in [-0.2, -0.15) is 0 Å². The molecule has 0 aliphatic carbocycles. The second-order valence-electron chi connectivity index (χ2n) is 8.13. The molecular formula is C25H24FN5O2. The van der Waals surface area contributed by atoms with E-state index in [9.17, 15) is 9.18 Å². The highest BCUT2D eigenvalue weighted by Crippen LogP contribution is 2.25. The molecule has 1 aliphatic heterocycles. The van der Waals surface area contributed by atoms with E-state index >= 15 is 0 Å². The fraction of sp³-hybridized carbons (Fsp3) is 0.240. The molecule has 4 heterocycles. The fourth-order valence-corrected chi connectivity index (χ4v) is 4.22. The predicted molar refractivity (Wildman–Crippen MR) is 127 cm³/mol. The number of fused-ring (bicyclic) bond motifs is 1. The summed E-state index contributed by atoms with van der Waals surface area (Å²) in [6, 6.07) is 11.7. The van der Waals surface area contributed by atoms with Crippen molar-refractivity contribution in [2.45, 2.75) is 12.8 Å². The average Bonchev–Trinajstić information content (AvgIpc) is 3.51. The SMILES string of the molecule is N=Cc1cc(-n2ccc3oc(-c4ccc(F)cn4)cc3c2=O)ccc1NCCN1CCCC1. The van der Waals surface area contributed by atoms with Crippen molar-refractivity contribution < 1.29 is 8.81 Å². The van der Waals surface area contributed by atoms with Crippen molar-refractivity contribution in [1.82, 2.24) is 14.5 Å². The van der Waals surface area contributed by atoms with E-state index in [0.717, 1.165) is 38.1 Å². The summed E-state index contributed by atoms with van der Waals surface area (Å²) in [5.41, 5.74) is 2.89. The number of benzene rings is 1. The van der Waals surface area contributed by atoms with Crippen LogP contribution in [0.15, 0.2) is 64.1 Å². The monoisotopic (exact) mass is 445 g/mol. The van der Waals surface area contributed by atoms with Crippen LogP contribution in [0.25, 0.3) is 28.1 Å². The number of pyridine rings is 2. The summed E-state index contributed by atoms with van der Waals surface area (Å²) in [4.78, 5) is 19.6. The van der Waals surface area contributed by atoms with Gasteiger partial charge < -0.3 is 20.0 Å². The first-order valence-corrected chi connectivity index (χ1v) is 11.0. The highest BCUT2D eigenvalue weighted by atomic mass is 19.1. The van der Waals surface area contributed by atoms with Crippen LogP contribution in [0, 0.1) is 11.2 Å². The van der Waals surface area contributed by atoms with Crippen LogP contribution < -0.4 is 10.9 Å². The maximum Gasteiger partial charge on any atom is 0.266 e. The summed E-state index contributed by atoms with van der Waals surface area (Å²) in [7, 11) is 0. The highest BCUT2D eigenvalue weighted by molar-refractivity contribution is 5.87. The van der Waals surface area contributed by atoms with Crippen molar-refractivity contribution in [3.05, 3.63) is 76.6 Å². The van der Waals surface area contributed by atoms with Crippen LogP contribution in [0.5, 0.6) is 0 Å². The molecule has 1 fully saturated rings. The van der Waals surface area contributed by atoms with Gasteiger partial charge in [-0.3, -0.25) is 9.36 Å². The lowest BCUT2D eigenvalue weighted by Crippen LogP contribution is -2.26. The standard InChI is InChI=1S/C25H24FN5O2/c26-18-3-5-22(29-16-18)24-14-20-23(33-24)7-11-31(25(20)32)19-4-6-21(17(13-19)15-27)28-8-12-30-9-1-2-10-30/h3-7,11,13-16,27-28H,1-2,8-10,12H2. The summed E-state index contributed by atoms with van der Waals surface area (Å²) >= 11 is 0. The third-order valence-corrected chi connectivity index (χ3v) is 5.98. The third kappa shape index (κ3) is 4.29. The molecule has 1 aliphatic rings. The Morgan fingerprint density at radius 3 is 2.76 bits per heavy atom. The van der Waals surface area contributed by atoms with Crippen LogP contribution in [-0.2, 0) is 0 Å². The van der Waals surface area contributed by atoms with Gasteiger partial charge in [0, 0.05) is 42.4 Å². The van der Waals surface area contributed by atoms with Gasteiger partial charge in [0.2, 0.25) is 0 Å². The molecule has 0 radical (unpaired) electrons. The van der Waals surface area contributed by atoms with Gasteiger partial charge in [-0.05, 0) is 68.4 Å². The van der Waals surface area contributed by atoms with Crippen LogP contribution in [0.1, 0.15) is 18.4 Å². The molecule has 0 amide bonds. The molecule has 5 rings (SSSR count). The number of anilines is 1. The Morgan fingerprint density at radius 1 is 1.15 bits per heavy atom. The zero-order valence-corrected chi connectivity index (χ0v) is 18.1. The van der Waals surface area contributed by atoms with Gasteiger partial charge in [0.1, 0.15) is 17.1 Å². The Bertz CT molecular complexity index is 1350. The van der Waals surface area contributed by atoms with Crippen LogP contribution in [0.3, 0.4) is 0 Å². The maximum absolute atomic E-state index is 13.2.